The number of ether oxygens (including phenoxy) is 1. The van der Waals surface area contributed by atoms with Crippen LogP contribution in [0.2, 0.25) is 0 Å². The minimum absolute atomic E-state index is 0.312. The fraction of sp³-hybridized carbons (Fsp3) is 0.100. The molecule has 0 spiro atoms. The predicted molar refractivity (Wildman–Crippen MR) is 61.1 cm³/mol. The molecule has 0 unspecified atom stereocenters. The molecular formula is C10H9N3O2S. The van der Waals surface area contributed by atoms with Crippen LogP contribution in [0, 0.1) is 11.3 Å². The molecule has 0 saturated heterocycles. The number of primary amides is 1. The van der Waals surface area contributed by atoms with Crippen LogP contribution in [-0.4, -0.2) is 18.7 Å². The number of hydrogen-bond donors (Lipinski definition) is 1. The van der Waals surface area contributed by atoms with Crippen LogP contribution in [-0.2, 0) is 4.79 Å². The first-order valence-corrected chi connectivity index (χ1v) is 5.03. The lowest BCUT2D eigenvalue weighted by Gasteiger charge is -2.00. The summed E-state index contributed by atoms with van der Waals surface area (Å²) in [6.45, 7) is 0. The summed E-state index contributed by atoms with van der Waals surface area (Å²) >= 11 is 0.996. The summed E-state index contributed by atoms with van der Waals surface area (Å²) in [5.41, 5.74) is 4.62. The molecule has 0 aliphatic carbocycles. The lowest BCUT2D eigenvalue weighted by molar-refractivity contribution is -0.111. The Kier molecular flexibility index (Phi) is 4.36. The SMILES string of the molecule is COc1cccc(S/N=C(/C#N)C(N)=O)c1. The molecule has 0 fully saturated rings. The molecule has 1 rings (SSSR count). The van der Waals surface area contributed by atoms with Gasteiger partial charge in [0.2, 0.25) is 5.71 Å². The molecule has 16 heavy (non-hydrogen) atoms. The maximum absolute atomic E-state index is 10.7. The first-order valence-electron chi connectivity index (χ1n) is 4.26. The van der Waals surface area contributed by atoms with Gasteiger partial charge in [-0.3, -0.25) is 4.79 Å². The van der Waals surface area contributed by atoms with Crippen LogP contribution in [0.4, 0.5) is 0 Å². The number of hydrogen-bond acceptors (Lipinski definition) is 5. The van der Waals surface area contributed by atoms with Crippen molar-refractivity contribution in [3.63, 3.8) is 0 Å². The minimum Gasteiger partial charge on any atom is -0.497 e. The molecule has 0 radical (unpaired) electrons. The van der Waals surface area contributed by atoms with Gasteiger partial charge in [-0.05, 0) is 18.2 Å². The number of amides is 1. The average Bonchev–Trinajstić information content (AvgIpc) is 2.29. The van der Waals surface area contributed by atoms with E-state index in [1.807, 2.05) is 0 Å². The summed E-state index contributed by atoms with van der Waals surface area (Å²) in [4.78, 5) is 11.5. The first-order chi connectivity index (χ1) is 7.67. The molecule has 0 aliphatic rings. The van der Waals surface area contributed by atoms with E-state index in [0.717, 1.165) is 16.8 Å². The lowest BCUT2D eigenvalue weighted by atomic mass is 10.3. The Morgan fingerprint density at radius 3 is 2.94 bits per heavy atom. The molecule has 1 aromatic rings. The van der Waals surface area contributed by atoms with E-state index in [4.69, 9.17) is 15.7 Å². The molecule has 0 aromatic heterocycles. The normalized spacial score (nSPS) is 10.6. The van der Waals surface area contributed by atoms with E-state index in [1.165, 1.54) is 0 Å². The van der Waals surface area contributed by atoms with Crippen LogP contribution < -0.4 is 10.5 Å². The molecule has 82 valence electrons. The summed E-state index contributed by atoms with van der Waals surface area (Å²) in [7, 11) is 1.55. The summed E-state index contributed by atoms with van der Waals surface area (Å²) in [5.74, 6) is -0.157. The number of nitrogens with two attached hydrogens (primary N) is 1. The molecule has 1 aromatic carbocycles. The molecule has 0 bridgehead atoms. The summed E-state index contributed by atoms with van der Waals surface area (Å²) < 4.78 is 8.75. The van der Waals surface area contributed by atoms with E-state index in [1.54, 1.807) is 37.4 Å². The van der Waals surface area contributed by atoms with Crippen molar-refractivity contribution < 1.29 is 9.53 Å². The van der Waals surface area contributed by atoms with Crippen molar-refractivity contribution in [1.82, 2.24) is 0 Å². The molecule has 1 amide bonds. The van der Waals surface area contributed by atoms with Gasteiger partial charge in [-0.2, -0.15) is 9.66 Å². The van der Waals surface area contributed by atoms with E-state index >= 15 is 0 Å². The maximum atomic E-state index is 10.7. The molecule has 6 heteroatoms. The van der Waals surface area contributed by atoms with Gasteiger partial charge in [0.1, 0.15) is 11.8 Å². The highest BCUT2D eigenvalue weighted by Crippen LogP contribution is 2.23. The van der Waals surface area contributed by atoms with Crippen molar-refractivity contribution in [2.24, 2.45) is 10.1 Å². The zero-order valence-electron chi connectivity index (χ0n) is 8.51. The Morgan fingerprint density at radius 1 is 1.62 bits per heavy atom. The van der Waals surface area contributed by atoms with Gasteiger partial charge >= 0.3 is 0 Å². The van der Waals surface area contributed by atoms with Gasteiger partial charge in [0.05, 0.1) is 7.11 Å². The van der Waals surface area contributed by atoms with Gasteiger partial charge < -0.3 is 10.5 Å². The van der Waals surface area contributed by atoms with Gasteiger partial charge in [0.15, 0.2) is 0 Å². The monoisotopic (exact) mass is 235 g/mol. The highest BCUT2D eigenvalue weighted by Gasteiger charge is 2.05. The number of nitriles is 1. The highest BCUT2D eigenvalue weighted by molar-refractivity contribution is 7.98. The Balaban J connectivity index is 2.81. The number of rotatable bonds is 4. The van der Waals surface area contributed by atoms with Crippen molar-refractivity contribution in [1.29, 1.82) is 5.26 Å². The standard InChI is InChI=1S/C10H9N3O2S/c1-15-7-3-2-4-8(5-7)16-13-9(6-11)10(12)14/h2-5H,1H3,(H2,12,14)/b13-9-. The highest BCUT2D eigenvalue weighted by atomic mass is 32.2. The second kappa shape index (κ2) is 5.78. The minimum atomic E-state index is -0.835. The lowest BCUT2D eigenvalue weighted by Crippen LogP contribution is -2.21. The van der Waals surface area contributed by atoms with Crippen LogP contribution in [0.5, 0.6) is 5.75 Å². The molecule has 2 N–H and O–H groups in total. The van der Waals surface area contributed by atoms with Crippen molar-refractivity contribution in [3.8, 4) is 11.8 Å². The quantitative estimate of drug-likeness (QED) is 0.626. The predicted octanol–water partition coefficient (Wildman–Crippen LogP) is 1.15. The summed E-state index contributed by atoms with van der Waals surface area (Å²) in [6, 6.07) is 8.72. The van der Waals surface area contributed by atoms with Crippen LogP contribution in [0.15, 0.2) is 33.6 Å². The molecular weight excluding hydrogens is 226 g/mol. The third-order valence-electron chi connectivity index (χ3n) is 1.62. The molecule has 0 atom stereocenters. The smallest absolute Gasteiger partial charge is 0.278 e. The van der Waals surface area contributed by atoms with E-state index in [-0.39, 0.29) is 5.71 Å². The molecule has 0 saturated carbocycles. The molecule has 0 heterocycles. The fourth-order valence-electron chi connectivity index (χ4n) is 0.877. The maximum Gasteiger partial charge on any atom is 0.278 e. The number of methoxy groups -OCH3 is 1. The Morgan fingerprint density at radius 2 is 2.38 bits per heavy atom. The summed E-state index contributed by atoms with van der Waals surface area (Å²) in [6.07, 6.45) is 0. The number of nitrogens with zero attached hydrogens (tertiary/aromatic N) is 2. The van der Waals surface area contributed by atoms with Crippen molar-refractivity contribution in [3.05, 3.63) is 24.3 Å². The zero-order chi connectivity index (χ0) is 12.0. The molecule has 0 aliphatic heterocycles. The van der Waals surface area contributed by atoms with Crippen LogP contribution in [0.1, 0.15) is 0 Å². The number of carbonyl (C=O) groups excluding carboxylic acids is 1. The van der Waals surface area contributed by atoms with Crippen LogP contribution >= 0.6 is 11.9 Å². The Hall–Kier alpha value is -2.00. The van der Waals surface area contributed by atoms with E-state index in [0.29, 0.717) is 5.75 Å². The zero-order valence-corrected chi connectivity index (χ0v) is 9.32. The first kappa shape index (κ1) is 12.1. The van der Waals surface area contributed by atoms with Gasteiger partial charge in [-0.1, -0.05) is 6.07 Å². The molecule has 5 nitrogen and oxygen atoms in total. The van der Waals surface area contributed by atoms with Crippen molar-refractivity contribution >= 4 is 23.6 Å². The second-order valence-electron chi connectivity index (χ2n) is 2.69. The second-order valence-corrected chi connectivity index (χ2v) is 3.52. The third-order valence-corrected chi connectivity index (χ3v) is 2.36. The topological polar surface area (TPSA) is 88.5 Å². The van der Waals surface area contributed by atoms with Gasteiger partial charge in [-0.15, -0.1) is 0 Å². The number of benzene rings is 1. The van der Waals surface area contributed by atoms with E-state index in [2.05, 4.69) is 4.40 Å². The van der Waals surface area contributed by atoms with Crippen molar-refractivity contribution in [2.75, 3.05) is 7.11 Å². The van der Waals surface area contributed by atoms with Crippen molar-refractivity contribution in [2.45, 2.75) is 4.90 Å². The number of carbonyl (C=O) groups is 1. The largest absolute Gasteiger partial charge is 0.497 e. The van der Waals surface area contributed by atoms with E-state index in [9.17, 15) is 4.79 Å². The third kappa shape index (κ3) is 3.29. The van der Waals surface area contributed by atoms with Gasteiger partial charge in [0, 0.05) is 16.8 Å². The van der Waals surface area contributed by atoms with Crippen LogP contribution in [0.25, 0.3) is 0 Å². The fourth-order valence-corrected chi connectivity index (χ4v) is 1.51. The van der Waals surface area contributed by atoms with Gasteiger partial charge in [0.25, 0.3) is 5.91 Å². The van der Waals surface area contributed by atoms with Gasteiger partial charge in [-0.25, -0.2) is 0 Å². The van der Waals surface area contributed by atoms with Crippen LogP contribution in [0.3, 0.4) is 0 Å². The van der Waals surface area contributed by atoms with E-state index < -0.39 is 5.91 Å². The Labute approximate surface area is 97.1 Å². The summed E-state index contributed by atoms with van der Waals surface area (Å²) in [5, 5.41) is 8.56. The average molecular weight is 235 g/mol. The Bertz CT molecular complexity index is 465.